The van der Waals surface area contributed by atoms with E-state index in [1.807, 2.05) is 12.1 Å². The first-order valence-corrected chi connectivity index (χ1v) is 12.4. The molecule has 7 nitrogen and oxygen atoms in total. The lowest BCUT2D eigenvalue weighted by Gasteiger charge is -2.12. The average molecular weight is 476 g/mol. The maximum Gasteiger partial charge on any atom is 0.240 e. The summed E-state index contributed by atoms with van der Waals surface area (Å²) in [6, 6.07) is 14.8. The van der Waals surface area contributed by atoms with E-state index in [0.29, 0.717) is 12.0 Å². The standard InChI is InChI=1S/C21H18ClN3O4S2/c1-15-5-6-19(30(26,27)20-11-16(14-23)10-17(22)12-20)13-21(15)31(28,29)25-9-7-18-4-2-3-8-24-18/h2-6,8,10-13,25H,7,9H2,1H3. The lowest BCUT2D eigenvalue weighted by atomic mass is 10.2. The van der Waals surface area contributed by atoms with Gasteiger partial charge in [-0.3, -0.25) is 4.98 Å². The van der Waals surface area contributed by atoms with Crippen molar-refractivity contribution in [2.45, 2.75) is 28.0 Å². The predicted molar refractivity (Wildman–Crippen MR) is 116 cm³/mol. The number of rotatable bonds is 7. The first-order valence-electron chi connectivity index (χ1n) is 9.09. The summed E-state index contributed by atoms with van der Waals surface area (Å²) in [6.07, 6.45) is 2.01. The van der Waals surface area contributed by atoms with Crippen molar-refractivity contribution in [1.29, 1.82) is 5.26 Å². The minimum atomic E-state index is -4.09. The third-order valence-electron chi connectivity index (χ3n) is 4.47. The fourth-order valence-corrected chi connectivity index (χ4v) is 5.92. The number of hydrogen-bond donors (Lipinski definition) is 1. The number of hydrogen-bond acceptors (Lipinski definition) is 6. The summed E-state index contributed by atoms with van der Waals surface area (Å²) in [7, 11) is -8.06. The summed E-state index contributed by atoms with van der Waals surface area (Å²) >= 11 is 5.93. The second kappa shape index (κ2) is 9.16. The van der Waals surface area contributed by atoms with Crippen LogP contribution in [-0.2, 0) is 26.3 Å². The van der Waals surface area contributed by atoms with Gasteiger partial charge in [0.1, 0.15) is 0 Å². The summed E-state index contributed by atoms with van der Waals surface area (Å²) in [6.45, 7) is 1.69. The number of nitrogens with zero attached hydrogens (tertiary/aromatic N) is 2. The number of sulfone groups is 1. The number of aryl methyl sites for hydroxylation is 1. The van der Waals surface area contributed by atoms with Crippen LogP contribution in [0.25, 0.3) is 0 Å². The fraction of sp³-hybridized carbons (Fsp3) is 0.143. The van der Waals surface area contributed by atoms with Gasteiger partial charge in [-0.15, -0.1) is 0 Å². The highest BCUT2D eigenvalue weighted by molar-refractivity contribution is 7.91. The van der Waals surface area contributed by atoms with Crippen LogP contribution in [0.4, 0.5) is 0 Å². The molecule has 1 heterocycles. The second-order valence-electron chi connectivity index (χ2n) is 6.69. The van der Waals surface area contributed by atoms with Crippen LogP contribution in [0, 0.1) is 18.3 Å². The normalized spacial score (nSPS) is 11.8. The second-order valence-corrected chi connectivity index (χ2v) is 10.8. The molecule has 0 fully saturated rings. The molecule has 0 unspecified atom stereocenters. The largest absolute Gasteiger partial charge is 0.261 e. The van der Waals surface area contributed by atoms with Crippen LogP contribution >= 0.6 is 11.6 Å². The molecule has 0 aliphatic rings. The molecule has 2 aromatic carbocycles. The molecule has 3 rings (SSSR count). The van der Waals surface area contributed by atoms with Crippen molar-refractivity contribution < 1.29 is 16.8 Å². The molecule has 160 valence electrons. The van der Waals surface area contributed by atoms with Crippen molar-refractivity contribution in [3.63, 3.8) is 0 Å². The SMILES string of the molecule is Cc1ccc(S(=O)(=O)c2cc(Cl)cc(C#N)c2)cc1S(=O)(=O)NCCc1ccccn1. The van der Waals surface area contributed by atoms with E-state index in [-0.39, 0.29) is 31.8 Å². The van der Waals surface area contributed by atoms with Gasteiger partial charge in [0.2, 0.25) is 19.9 Å². The van der Waals surface area contributed by atoms with Crippen LogP contribution in [-0.4, -0.2) is 28.4 Å². The van der Waals surface area contributed by atoms with Crippen LogP contribution < -0.4 is 4.72 Å². The summed E-state index contributed by atoms with van der Waals surface area (Å²) in [5.74, 6) is 0. The number of nitriles is 1. The van der Waals surface area contributed by atoms with Crippen molar-refractivity contribution in [1.82, 2.24) is 9.71 Å². The molecule has 0 bridgehead atoms. The quantitative estimate of drug-likeness (QED) is 0.560. The monoisotopic (exact) mass is 475 g/mol. The highest BCUT2D eigenvalue weighted by Crippen LogP contribution is 2.28. The third-order valence-corrected chi connectivity index (χ3v) is 8.02. The van der Waals surface area contributed by atoms with Crippen LogP contribution in [0.3, 0.4) is 0 Å². The average Bonchev–Trinajstić information content (AvgIpc) is 2.74. The topological polar surface area (TPSA) is 117 Å². The van der Waals surface area contributed by atoms with Crippen molar-refractivity contribution in [2.75, 3.05) is 6.54 Å². The molecule has 0 saturated heterocycles. The Balaban J connectivity index is 1.92. The van der Waals surface area contributed by atoms with Gasteiger partial charge in [0, 0.05) is 29.9 Å². The van der Waals surface area contributed by atoms with Gasteiger partial charge in [-0.25, -0.2) is 21.6 Å². The van der Waals surface area contributed by atoms with E-state index in [2.05, 4.69) is 9.71 Å². The van der Waals surface area contributed by atoms with E-state index in [0.717, 1.165) is 11.8 Å². The highest BCUT2D eigenvalue weighted by atomic mass is 35.5. The van der Waals surface area contributed by atoms with Crippen LogP contribution in [0.2, 0.25) is 5.02 Å². The van der Waals surface area contributed by atoms with Crippen molar-refractivity contribution in [2.24, 2.45) is 0 Å². The van der Waals surface area contributed by atoms with Gasteiger partial charge >= 0.3 is 0 Å². The van der Waals surface area contributed by atoms with Gasteiger partial charge in [-0.2, -0.15) is 5.26 Å². The lowest BCUT2D eigenvalue weighted by molar-refractivity contribution is 0.580. The number of aromatic nitrogens is 1. The summed E-state index contributed by atoms with van der Waals surface area (Å²) in [4.78, 5) is 3.60. The minimum absolute atomic E-state index is 0.0854. The smallest absolute Gasteiger partial charge is 0.240 e. The Bertz CT molecular complexity index is 1370. The van der Waals surface area contributed by atoms with Gasteiger partial charge in [0.25, 0.3) is 0 Å². The zero-order chi connectivity index (χ0) is 22.6. The summed E-state index contributed by atoms with van der Waals surface area (Å²) in [5.41, 5.74) is 1.21. The molecule has 31 heavy (non-hydrogen) atoms. The maximum absolute atomic E-state index is 13.1. The molecule has 3 aromatic rings. The molecule has 0 amide bonds. The summed E-state index contributed by atoms with van der Waals surface area (Å²) in [5, 5.41) is 9.17. The Morgan fingerprint density at radius 3 is 2.48 bits per heavy atom. The predicted octanol–water partition coefficient (Wildman–Crippen LogP) is 3.27. The Morgan fingerprint density at radius 1 is 1.03 bits per heavy atom. The lowest BCUT2D eigenvalue weighted by Crippen LogP contribution is -2.27. The Morgan fingerprint density at radius 2 is 1.81 bits per heavy atom. The zero-order valence-corrected chi connectivity index (χ0v) is 18.8. The number of sulfonamides is 1. The Hall–Kier alpha value is -2.77. The van der Waals surface area contributed by atoms with Crippen LogP contribution in [0.15, 0.2) is 75.5 Å². The summed E-state index contributed by atoms with van der Waals surface area (Å²) < 4.78 is 54.2. The van der Waals surface area contributed by atoms with E-state index < -0.39 is 19.9 Å². The van der Waals surface area contributed by atoms with Crippen molar-refractivity contribution in [3.05, 3.63) is 82.6 Å². The van der Waals surface area contributed by atoms with E-state index in [9.17, 15) is 16.8 Å². The van der Waals surface area contributed by atoms with Gasteiger partial charge in [0.15, 0.2) is 0 Å². The molecular weight excluding hydrogens is 458 g/mol. The zero-order valence-electron chi connectivity index (χ0n) is 16.4. The van der Waals surface area contributed by atoms with E-state index >= 15 is 0 Å². The first-order chi connectivity index (χ1) is 14.6. The highest BCUT2D eigenvalue weighted by Gasteiger charge is 2.24. The van der Waals surface area contributed by atoms with E-state index in [4.69, 9.17) is 16.9 Å². The van der Waals surface area contributed by atoms with Gasteiger partial charge in [-0.05, 0) is 55.0 Å². The van der Waals surface area contributed by atoms with Crippen molar-refractivity contribution in [3.8, 4) is 6.07 Å². The number of nitrogens with one attached hydrogen (secondary N) is 1. The molecule has 0 radical (unpaired) electrons. The van der Waals surface area contributed by atoms with Crippen LogP contribution in [0.5, 0.6) is 0 Å². The maximum atomic E-state index is 13.1. The van der Waals surface area contributed by atoms with E-state index in [1.165, 1.54) is 30.3 Å². The van der Waals surface area contributed by atoms with E-state index in [1.54, 1.807) is 25.3 Å². The molecule has 1 aromatic heterocycles. The molecule has 0 spiro atoms. The molecule has 10 heteroatoms. The molecule has 0 saturated carbocycles. The minimum Gasteiger partial charge on any atom is -0.261 e. The molecular formula is C21H18ClN3O4S2. The van der Waals surface area contributed by atoms with Gasteiger partial charge < -0.3 is 0 Å². The van der Waals surface area contributed by atoms with Crippen molar-refractivity contribution >= 4 is 31.5 Å². The first kappa shape index (κ1) is 22.9. The molecule has 0 aliphatic carbocycles. The molecule has 1 N–H and O–H groups in total. The number of benzene rings is 2. The Kier molecular flexibility index (Phi) is 6.77. The van der Waals surface area contributed by atoms with Gasteiger partial charge in [-0.1, -0.05) is 23.7 Å². The Labute approximate surface area is 186 Å². The van der Waals surface area contributed by atoms with Crippen LogP contribution in [0.1, 0.15) is 16.8 Å². The number of halogens is 1. The molecule has 0 aliphatic heterocycles. The van der Waals surface area contributed by atoms with Gasteiger partial charge in [0.05, 0.1) is 26.3 Å². The molecule has 0 atom stereocenters. The third kappa shape index (κ3) is 5.29. The number of pyridine rings is 1. The fourth-order valence-electron chi connectivity index (χ4n) is 2.89.